The topological polar surface area (TPSA) is 99.2 Å². The van der Waals surface area contributed by atoms with Crippen LogP contribution in [0.1, 0.15) is 45.4 Å². The summed E-state index contributed by atoms with van der Waals surface area (Å²) in [5.41, 5.74) is 0. The van der Waals surface area contributed by atoms with Crippen molar-refractivity contribution in [3.8, 4) is 0 Å². The maximum absolute atomic E-state index is 12.7. The Morgan fingerprint density at radius 3 is 2.63 bits per heavy atom. The first-order valence-electron chi connectivity index (χ1n) is 9.95. The van der Waals surface area contributed by atoms with E-state index in [1.165, 1.54) is 19.3 Å². The molecule has 27 heavy (non-hydrogen) atoms. The van der Waals surface area contributed by atoms with Crippen LogP contribution in [0, 0.1) is 5.92 Å². The molecule has 154 valence electrons. The van der Waals surface area contributed by atoms with E-state index in [1.807, 2.05) is 0 Å². The summed E-state index contributed by atoms with van der Waals surface area (Å²) in [6.07, 6.45) is 6.12. The third kappa shape index (κ3) is 7.46. The van der Waals surface area contributed by atoms with Gasteiger partial charge in [-0.1, -0.05) is 19.3 Å². The molecule has 1 heterocycles. The molecule has 2 N–H and O–H groups in total. The number of ether oxygens (including phenoxy) is 1. The molecule has 0 aromatic rings. The van der Waals surface area contributed by atoms with E-state index in [2.05, 4.69) is 5.32 Å². The molecule has 2 aliphatic rings. The number of likely N-dealkylation sites (N-methyl/N-ethyl adjacent to an activating group) is 1. The van der Waals surface area contributed by atoms with Crippen LogP contribution in [0.2, 0.25) is 0 Å². The van der Waals surface area contributed by atoms with Crippen molar-refractivity contribution in [1.29, 1.82) is 0 Å². The summed E-state index contributed by atoms with van der Waals surface area (Å²) in [4.78, 5) is 39.1. The number of carboxylic acid groups (broad SMARTS) is 1. The zero-order valence-electron chi connectivity index (χ0n) is 16.5. The van der Waals surface area contributed by atoms with Crippen molar-refractivity contribution in [2.24, 2.45) is 5.92 Å². The molecule has 0 bridgehead atoms. The molecule has 0 radical (unpaired) electrons. The summed E-state index contributed by atoms with van der Waals surface area (Å²) in [5.74, 6) is -0.607. The molecule has 2 fully saturated rings. The maximum atomic E-state index is 12.7. The normalized spacial score (nSPS) is 22.5. The maximum Gasteiger partial charge on any atom is 0.317 e. The van der Waals surface area contributed by atoms with Crippen molar-refractivity contribution in [3.63, 3.8) is 0 Å². The minimum Gasteiger partial charge on any atom is -0.480 e. The summed E-state index contributed by atoms with van der Waals surface area (Å²) in [6.45, 7) is 3.41. The van der Waals surface area contributed by atoms with Gasteiger partial charge >= 0.3 is 5.97 Å². The highest BCUT2D eigenvalue weighted by molar-refractivity contribution is 5.87. The van der Waals surface area contributed by atoms with Crippen molar-refractivity contribution in [1.82, 2.24) is 15.1 Å². The van der Waals surface area contributed by atoms with Crippen molar-refractivity contribution >= 4 is 17.8 Å². The lowest BCUT2D eigenvalue weighted by Gasteiger charge is -2.36. The monoisotopic (exact) mass is 383 g/mol. The quantitative estimate of drug-likeness (QED) is 0.640. The first kappa shape index (κ1) is 21.6. The van der Waals surface area contributed by atoms with Gasteiger partial charge in [-0.05, 0) is 32.7 Å². The largest absolute Gasteiger partial charge is 0.480 e. The van der Waals surface area contributed by atoms with Crippen molar-refractivity contribution in [2.75, 3.05) is 39.8 Å². The fourth-order valence-corrected chi connectivity index (χ4v) is 3.96. The average Bonchev–Trinajstić information content (AvgIpc) is 2.61. The van der Waals surface area contributed by atoms with Gasteiger partial charge in [-0.15, -0.1) is 0 Å². The van der Waals surface area contributed by atoms with Gasteiger partial charge in [0.15, 0.2) is 0 Å². The van der Waals surface area contributed by atoms with E-state index in [1.54, 1.807) is 23.8 Å². The number of nitrogens with one attached hydrogen (secondary N) is 1. The van der Waals surface area contributed by atoms with Gasteiger partial charge in [0.2, 0.25) is 11.8 Å². The fraction of sp³-hybridized carbons (Fsp3) is 0.842. The van der Waals surface area contributed by atoms with Gasteiger partial charge in [-0.25, -0.2) is 0 Å². The van der Waals surface area contributed by atoms with Gasteiger partial charge < -0.3 is 20.1 Å². The Bertz CT molecular complexity index is 521. The van der Waals surface area contributed by atoms with E-state index in [-0.39, 0.29) is 24.5 Å². The number of carbonyl (C=O) groups is 3. The zero-order valence-corrected chi connectivity index (χ0v) is 16.5. The molecular formula is C19H33N3O5. The smallest absolute Gasteiger partial charge is 0.317 e. The lowest BCUT2D eigenvalue weighted by Crippen LogP contribution is -2.54. The second kappa shape index (κ2) is 10.6. The van der Waals surface area contributed by atoms with Crippen molar-refractivity contribution in [2.45, 2.75) is 57.6 Å². The molecule has 1 aliphatic heterocycles. The number of carbonyl (C=O) groups excluding carboxylic acids is 2. The summed E-state index contributed by atoms with van der Waals surface area (Å²) in [7, 11) is 1.71. The Kier molecular flexibility index (Phi) is 8.50. The van der Waals surface area contributed by atoms with Crippen LogP contribution in [-0.4, -0.2) is 84.7 Å². The first-order chi connectivity index (χ1) is 12.8. The molecule has 8 nitrogen and oxygen atoms in total. The molecule has 1 saturated heterocycles. The highest BCUT2D eigenvalue weighted by atomic mass is 16.5. The van der Waals surface area contributed by atoms with Crippen LogP contribution in [0.4, 0.5) is 0 Å². The average molecular weight is 383 g/mol. The van der Waals surface area contributed by atoms with Gasteiger partial charge in [0, 0.05) is 26.1 Å². The summed E-state index contributed by atoms with van der Waals surface area (Å²) in [5, 5.41) is 11.7. The number of hydrogen-bond donors (Lipinski definition) is 2. The van der Waals surface area contributed by atoms with Gasteiger partial charge in [0.25, 0.3) is 0 Å². The van der Waals surface area contributed by atoms with E-state index in [0.29, 0.717) is 38.6 Å². The Hall–Kier alpha value is -1.67. The van der Waals surface area contributed by atoms with E-state index >= 15 is 0 Å². The third-order valence-electron chi connectivity index (χ3n) is 5.32. The molecule has 0 aromatic carbocycles. The predicted molar refractivity (Wildman–Crippen MR) is 100 cm³/mol. The first-order valence-corrected chi connectivity index (χ1v) is 9.95. The second-order valence-electron chi connectivity index (χ2n) is 7.86. The molecule has 8 heteroatoms. The van der Waals surface area contributed by atoms with Crippen LogP contribution in [0.3, 0.4) is 0 Å². The number of amides is 2. The molecule has 0 spiro atoms. The minimum absolute atomic E-state index is 0.0475. The van der Waals surface area contributed by atoms with Crippen LogP contribution in [-0.2, 0) is 19.1 Å². The lowest BCUT2D eigenvalue weighted by molar-refractivity contribution is -0.144. The molecular weight excluding hydrogens is 350 g/mol. The highest BCUT2D eigenvalue weighted by Crippen LogP contribution is 2.26. The summed E-state index contributed by atoms with van der Waals surface area (Å²) in [6, 6.07) is -0.559. The summed E-state index contributed by atoms with van der Waals surface area (Å²) < 4.78 is 5.66. The minimum atomic E-state index is -0.893. The number of morpholine rings is 1. The SMILES string of the molecule is CC(NC(=O)CC1CCCCC1)C(=O)N1CCOC(CN(C)CC(=O)O)C1. The lowest BCUT2D eigenvalue weighted by atomic mass is 9.87. The van der Waals surface area contributed by atoms with Crippen molar-refractivity contribution < 1.29 is 24.2 Å². The number of rotatable bonds is 8. The highest BCUT2D eigenvalue weighted by Gasteiger charge is 2.29. The van der Waals surface area contributed by atoms with Gasteiger partial charge in [0.1, 0.15) is 6.04 Å². The summed E-state index contributed by atoms with van der Waals surface area (Å²) >= 11 is 0. The van der Waals surface area contributed by atoms with Crippen LogP contribution in [0.15, 0.2) is 0 Å². The second-order valence-corrected chi connectivity index (χ2v) is 7.86. The molecule has 2 rings (SSSR count). The van der Waals surface area contributed by atoms with Crippen LogP contribution in [0.25, 0.3) is 0 Å². The van der Waals surface area contributed by atoms with Gasteiger partial charge in [-0.2, -0.15) is 0 Å². The third-order valence-corrected chi connectivity index (χ3v) is 5.32. The number of nitrogens with zero attached hydrogens (tertiary/aromatic N) is 2. The molecule has 0 aromatic heterocycles. The predicted octanol–water partition coefficient (Wildman–Crippen LogP) is 0.705. The molecule has 2 amide bonds. The van der Waals surface area contributed by atoms with Crippen molar-refractivity contribution in [3.05, 3.63) is 0 Å². The Balaban J connectivity index is 1.77. The number of aliphatic carboxylic acids is 1. The molecule has 2 unspecified atom stereocenters. The van der Waals surface area contributed by atoms with Crippen LogP contribution in [0.5, 0.6) is 0 Å². The fourth-order valence-electron chi connectivity index (χ4n) is 3.96. The Morgan fingerprint density at radius 1 is 1.26 bits per heavy atom. The van der Waals surface area contributed by atoms with E-state index in [0.717, 1.165) is 12.8 Å². The number of hydrogen-bond acceptors (Lipinski definition) is 5. The zero-order chi connectivity index (χ0) is 19.8. The molecule has 2 atom stereocenters. The van der Waals surface area contributed by atoms with E-state index < -0.39 is 12.0 Å². The van der Waals surface area contributed by atoms with Gasteiger partial charge in [-0.3, -0.25) is 19.3 Å². The van der Waals surface area contributed by atoms with E-state index in [4.69, 9.17) is 9.84 Å². The Labute approximate surface area is 161 Å². The number of carboxylic acids is 1. The van der Waals surface area contributed by atoms with Crippen LogP contribution < -0.4 is 5.32 Å². The molecule has 1 aliphatic carbocycles. The van der Waals surface area contributed by atoms with Crippen LogP contribution >= 0.6 is 0 Å². The van der Waals surface area contributed by atoms with E-state index in [9.17, 15) is 14.4 Å². The standard InChI is InChI=1S/C19H33N3O5/c1-14(20-17(23)10-15-6-4-3-5-7-15)19(26)22-8-9-27-16(12-22)11-21(2)13-18(24)25/h14-16H,3-13H2,1-2H3,(H,20,23)(H,24,25). The Morgan fingerprint density at radius 2 is 1.96 bits per heavy atom. The molecule has 1 saturated carbocycles. The van der Waals surface area contributed by atoms with Gasteiger partial charge in [0.05, 0.1) is 19.3 Å².